The third kappa shape index (κ3) is 2.36. The van der Waals surface area contributed by atoms with E-state index in [0.717, 1.165) is 29.1 Å². The summed E-state index contributed by atoms with van der Waals surface area (Å²) in [5.74, 6) is 0. The molecule has 4 aliphatic heterocycles. The SMILES string of the molecule is CC1=C2C=CC=[N+]2[B-](F)(F)n2cccc21.CC1=C2C=CC=[N+]2[B-](F)(F)n2cccc21. The van der Waals surface area contributed by atoms with Crippen LogP contribution in [0.1, 0.15) is 25.2 Å². The van der Waals surface area contributed by atoms with Gasteiger partial charge in [-0.05, 0) is 50.5 Å². The van der Waals surface area contributed by atoms with Crippen molar-refractivity contribution in [1.82, 2.24) is 8.96 Å². The van der Waals surface area contributed by atoms with Gasteiger partial charge in [0.15, 0.2) is 11.4 Å². The summed E-state index contributed by atoms with van der Waals surface area (Å²) in [6, 6.07) is 6.75. The van der Waals surface area contributed by atoms with Crippen LogP contribution in [-0.4, -0.2) is 44.3 Å². The smallest absolute Gasteiger partial charge is 0.396 e. The fraction of sp³-hybridized carbons (Fsp3) is 0.100. The first-order valence-corrected chi connectivity index (χ1v) is 9.65. The molecule has 0 aromatic carbocycles. The Hall–Kier alpha value is -3.29. The zero-order chi connectivity index (χ0) is 21.3. The van der Waals surface area contributed by atoms with Crippen LogP contribution < -0.4 is 0 Å². The Morgan fingerprint density at radius 3 is 1.50 bits per heavy atom. The van der Waals surface area contributed by atoms with Crippen LogP contribution in [0.4, 0.5) is 17.3 Å². The highest BCUT2D eigenvalue weighted by molar-refractivity contribution is 6.58. The quantitative estimate of drug-likeness (QED) is 0.456. The first-order valence-electron chi connectivity index (χ1n) is 9.65. The van der Waals surface area contributed by atoms with Gasteiger partial charge < -0.3 is 35.2 Å². The highest BCUT2D eigenvalue weighted by Gasteiger charge is 2.51. The number of aromatic nitrogens is 2. The van der Waals surface area contributed by atoms with E-state index in [4.69, 9.17) is 0 Å². The van der Waals surface area contributed by atoms with Gasteiger partial charge in [-0.15, -0.1) is 0 Å². The predicted octanol–water partition coefficient (Wildman–Crippen LogP) is 4.22. The standard InChI is InChI=1S/2C10H9BF2N2/c2*1-8-9-4-2-6-14(9)11(12,13)15-7-3-5-10(8)15/h2*2-7H,1H3. The summed E-state index contributed by atoms with van der Waals surface area (Å²) in [5.41, 5.74) is 4.19. The van der Waals surface area contributed by atoms with Crippen LogP contribution in [0.25, 0.3) is 11.1 Å². The van der Waals surface area contributed by atoms with Crippen molar-refractivity contribution >= 4 is 37.5 Å². The molecule has 0 aliphatic carbocycles. The second-order valence-electron chi connectivity index (χ2n) is 7.63. The van der Waals surface area contributed by atoms with Gasteiger partial charge in [-0.2, -0.15) is 0 Å². The van der Waals surface area contributed by atoms with Crippen LogP contribution in [0.15, 0.2) is 72.4 Å². The van der Waals surface area contributed by atoms with E-state index < -0.39 is 13.9 Å². The molecular weight excluding hydrogens is 394 g/mol. The van der Waals surface area contributed by atoms with Crippen molar-refractivity contribution in [2.45, 2.75) is 13.8 Å². The lowest BCUT2D eigenvalue weighted by Gasteiger charge is -2.29. The van der Waals surface area contributed by atoms with Gasteiger partial charge in [-0.3, -0.25) is 0 Å². The van der Waals surface area contributed by atoms with E-state index in [1.165, 1.54) is 24.8 Å². The molecule has 4 nitrogen and oxygen atoms in total. The Bertz CT molecular complexity index is 1170. The second-order valence-corrected chi connectivity index (χ2v) is 7.63. The van der Waals surface area contributed by atoms with Crippen LogP contribution in [0.3, 0.4) is 0 Å². The summed E-state index contributed by atoms with van der Waals surface area (Å²) in [6.07, 6.45) is 12.5. The van der Waals surface area contributed by atoms with E-state index in [-0.39, 0.29) is 0 Å². The average molecular weight is 412 g/mol. The fourth-order valence-corrected chi connectivity index (χ4v) is 4.46. The summed E-state index contributed by atoms with van der Waals surface area (Å²) >= 11 is 0. The zero-order valence-electron chi connectivity index (χ0n) is 16.4. The summed E-state index contributed by atoms with van der Waals surface area (Å²) in [7, 11) is 0. The lowest BCUT2D eigenvalue weighted by Crippen LogP contribution is -2.48. The minimum Gasteiger partial charge on any atom is -0.396 e. The van der Waals surface area contributed by atoms with Crippen LogP contribution >= 0.6 is 0 Å². The maximum Gasteiger partial charge on any atom is 0.736 e. The van der Waals surface area contributed by atoms with Gasteiger partial charge in [-0.1, -0.05) is 0 Å². The first kappa shape index (κ1) is 18.7. The van der Waals surface area contributed by atoms with Crippen molar-refractivity contribution in [3.8, 4) is 0 Å². The topological polar surface area (TPSA) is 15.9 Å². The van der Waals surface area contributed by atoms with Crippen molar-refractivity contribution in [3.63, 3.8) is 0 Å². The molecule has 2 aromatic heterocycles. The van der Waals surface area contributed by atoms with Crippen molar-refractivity contribution in [2.75, 3.05) is 0 Å². The molecule has 0 unspecified atom stereocenters. The highest BCUT2D eigenvalue weighted by Crippen LogP contribution is 2.35. The molecule has 0 fully saturated rings. The summed E-state index contributed by atoms with van der Waals surface area (Å²) in [4.78, 5) is 0. The molecule has 0 amide bonds. The van der Waals surface area contributed by atoms with Gasteiger partial charge in [0.1, 0.15) is 12.4 Å². The molecule has 6 heterocycles. The molecule has 0 bridgehead atoms. The monoisotopic (exact) mass is 412 g/mol. The molecule has 0 spiro atoms. The molecule has 0 atom stereocenters. The predicted molar refractivity (Wildman–Crippen MR) is 112 cm³/mol. The molecular formula is C20H18B2F4N4. The minimum atomic E-state index is -3.70. The van der Waals surface area contributed by atoms with E-state index in [0.29, 0.717) is 22.8 Å². The van der Waals surface area contributed by atoms with Gasteiger partial charge in [0, 0.05) is 46.8 Å². The van der Waals surface area contributed by atoms with Crippen LogP contribution in [0.5, 0.6) is 0 Å². The number of halogens is 4. The molecule has 4 aliphatic rings. The maximum atomic E-state index is 14.0. The Morgan fingerprint density at radius 1 is 0.700 bits per heavy atom. The van der Waals surface area contributed by atoms with Gasteiger partial charge in [0.2, 0.25) is 0 Å². The molecule has 0 radical (unpaired) electrons. The summed E-state index contributed by atoms with van der Waals surface area (Å²) in [6.45, 7) is -3.68. The van der Waals surface area contributed by atoms with Gasteiger partial charge in [0.05, 0.1) is 0 Å². The van der Waals surface area contributed by atoms with Gasteiger partial charge in [-0.25, -0.2) is 0 Å². The number of hydrogen-bond donors (Lipinski definition) is 0. The third-order valence-corrected chi connectivity index (χ3v) is 5.99. The van der Waals surface area contributed by atoms with Crippen molar-refractivity contribution < 1.29 is 26.2 Å². The zero-order valence-corrected chi connectivity index (χ0v) is 16.4. The molecule has 10 heteroatoms. The molecule has 6 rings (SSSR count). The number of hydrogen-bond acceptors (Lipinski definition) is 0. The lowest BCUT2D eigenvalue weighted by atomic mass is 9.89. The first-order chi connectivity index (χ1) is 14.2. The van der Waals surface area contributed by atoms with E-state index in [2.05, 4.69) is 0 Å². The van der Waals surface area contributed by atoms with Gasteiger partial charge >= 0.3 is 13.9 Å². The molecule has 0 saturated carbocycles. The lowest BCUT2D eigenvalue weighted by molar-refractivity contribution is -0.357. The van der Waals surface area contributed by atoms with Crippen LogP contribution in [-0.2, 0) is 0 Å². The number of nitrogens with zero attached hydrogens (tertiary/aromatic N) is 4. The largest absolute Gasteiger partial charge is 0.736 e. The Kier molecular flexibility index (Phi) is 3.81. The van der Waals surface area contributed by atoms with Crippen molar-refractivity contribution in [3.05, 3.63) is 83.7 Å². The number of allylic oxidation sites excluding steroid dienone is 6. The van der Waals surface area contributed by atoms with Crippen LogP contribution in [0, 0.1) is 0 Å². The molecule has 0 N–H and O–H groups in total. The number of fused-ring (bicyclic) bond motifs is 4. The van der Waals surface area contributed by atoms with E-state index in [1.54, 1.807) is 48.6 Å². The molecule has 152 valence electrons. The molecule has 0 saturated heterocycles. The Morgan fingerprint density at radius 2 is 1.10 bits per heavy atom. The third-order valence-electron chi connectivity index (χ3n) is 5.99. The number of rotatable bonds is 0. The summed E-state index contributed by atoms with van der Waals surface area (Å²) in [5, 5.41) is 0. The Labute approximate surface area is 170 Å². The maximum absolute atomic E-state index is 14.0. The minimum absolute atomic E-state index is 0.603. The fourth-order valence-electron chi connectivity index (χ4n) is 4.46. The highest BCUT2D eigenvalue weighted by atomic mass is 19.3. The van der Waals surface area contributed by atoms with Crippen LogP contribution in [0.2, 0.25) is 0 Å². The normalized spacial score (nSPS) is 21.4. The van der Waals surface area contributed by atoms with E-state index in [1.807, 2.05) is 13.8 Å². The van der Waals surface area contributed by atoms with E-state index in [9.17, 15) is 17.3 Å². The second kappa shape index (κ2) is 6.10. The van der Waals surface area contributed by atoms with Crippen molar-refractivity contribution in [2.24, 2.45) is 0 Å². The molecule has 30 heavy (non-hydrogen) atoms. The Balaban J connectivity index is 0.000000128. The molecule has 2 aromatic rings. The van der Waals surface area contributed by atoms with Crippen molar-refractivity contribution in [1.29, 1.82) is 0 Å². The average Bonchev–Trinajstić information content (AvgIpc) is 3.48. The summed E-state index contributed by atoms with van der Waals surface area (Å²) < 4.78 is 60.3. The van der Waals surface area contributed by atoms with E-state index >= 15 is 0 Å². The van der Waals surface area contributed by atoms with Gasteiger partial charge in [0.25, 0.3) is 0 Å².